The fourth-order valence-corrected chi connectivity index (χ4v) is 4.47. The molecule has 1 aliphatic carbocycles. The monoisotopic (exact) mass is 442 g/mol. The molecule has 1 atom stereocenters. The average Bonchev–Trinajstić information content (AvgIpc) is 3.62. The third-order valence-electron chi connectivity index (χ3n) is 6.36. The molecule has 5 nitrogen and oxygen atoms in total. The van der Waals surface area contributed by atoms with Crippen LogP contribution in [0.4, 0.5) is 0 Å². The van der Waals surface area contributed by atoms with Crippen molar-refractivity contribution in [3.8, 4) is 11.5 Å². The number of ether oxygens (including phenoxy) is 2. The largest absolute Gasteiger partial charge is 0.497 e. The molecule has 4 rings (SSSR count). The van der Waals surface area contributed by atoms with Gasteiger partial charge in [-0.15, -0.1) is 0 Å². The molecule has 2 aromatic carbocycles. The van der Waals surface area contributed by atoms with Gasteiger partial charge in [0.05, 0.1) is 14.2 Å². The second-order valence-corrected chi connectivity index (χ2v) is 8.36. The first-order valence-electron chi connectivity index (χ1n) is 11.3. The fraction of sp³-hybridized carbons (Fsp3) is 0.286. The van der Waals surface area contributed by atoms with Crippen LogP contribution < -0.4 is 14.8 Å². The van der Waals surface area contributed by atoms with Crippen LogP contribution >= 0.6 is 0 Å². The van der Waals surface area contributed by atoms with Gasteiger partial charge in [0.15, 0.2) is 0 Å². The Bertz CT molecular complexity index is 1060. The Kier molecular flexibility index (Phi) is 7.08. The number of nitrogens with one attached hydrogen (secondary N) is 1. The lowest BCUT2D eigenvalue weighted by molar-refractivity contribution is -0.116. The lowest BCUT2D eigenvalue weighted by Crippen LogP contribution is -2.22. The van der Waals surface area contributed by atoms with Crippen LogP contribution in [0.3, 0.4) is 0 Å². The second kappa shape index (κ2) is 10.3. The highest BCUT2D eigenvalue weighted by Crippen LogP contribution is 2.60. The van der Waals surface area contributed by atoms with Gasteiger partial charge < -0.3 is 14.8 Å². The Hall–Kier alpha value is -3.60. The van der Waals surface area contributed by atoms with Crippen LogP contribution in [0.2, 0.25) is 0 Å². The zero-order valence-corrected chi connectivity index (χ0v) is 19.2. The molecule has 0 bridgehead atoms. The molecule has 1 saturated carbocycles. The minimum atomic E-state index is -0.193. The van der Waals surface area contributed by atoms with E-state index in [1.807, 2.05) is 42.5 Å². The molecule has 0 radical (unpaired) electrons. The molecule has 1 aliphatic rings. The van der Waals surface area contributed by atoms with E-state index in [0.29, 0.717) is 6.54 Å². The summed E-state index contributed by atoms with van der Waals surface area (Å²) in [5.41, 5.74) is 3.40. The number of nitrogens with zero attached hydrogens (tertiary/aromatic N) is 1. The number of hydrogen-bond donors (Lipinski definition) is 1. The first-order valence-corrected chi connectivity index (χ1v) is 11.3. The fourth-order valence-electron chi connectivity index (χ4n) is 4.47. The molecule has 33 heavy (non-hydrogen) atoms. The van der Waals surface area contributed by atoms with Crippen LogP contribution in [0, 0.1) is 5.92 Å². The molecule has 0 aliphatic heterocycles. The maximum absolute atomic E-state index is 12.4. The van der Waals surface area contributed by atoms with Crippen molar-refractivity contribution in [1.29, 1.82) is 0 Å². The van der Waals surface area contributed by atoms with Crippen molar-refractivity contribution in [2.45, 2.75) is 24.7 Å². The summed E-state index contributed by atoms with van der Waals surface area (Å²) >= 11 is 0. The average molecular weight is 443 g/mol. The van der Waals surface area contributed by atoms with Crippen LogP contribution in [-0.2, 0) is 16.6 Å². The van der Waals surface area contributed by atoms with Gasteiger partial charge in [0.2, 0.25) is 5.91 Å². The second-order valence-electron chi connectivity index (χ2n) is 8.36. The van der Waals surface area contributed by atoms with E-state index in [9.17, 15) is 4.79 Å². The van der Waals surface area contributed by atoms with E-state index in [-0.39, 0.29) is 17.2 Å². The number of methoxy groups -OCH3 is 2. The highest BCUT2D eigenvalue weighted by molar-refractivity contribution is 5.87. The molecule has 3 aromatic rings. The quantitative estimate of drug-likeness (QED) is 0.365. The smallest absolute Gasteiger partial charge is 0.243 e. The van der Waals surface area contributed by atoms with E-state index in [1.54, 1.807) is 32.7 Å². The number of amides is 1. The summed E-state index contributed by atoms with van der Waals surface area (Å²) in [4.78, 5) is 16.5. The van der Waals surface area contributed by atoms with E-state index < -0.39 is 0 Å². The van der Waals surface area contributed by atoms with Gasteiger partial charge in [-0.05, 0) is 84.3 Å². The van der Waals surface area contributed by atoms with E-state index >= 15 is 0 Å². The Morgan fingerprint density at radius 3 is 2.27 bits per heavy atom. The topological polar surface area (TPSA) is 60.5 Å². The zero-order chi connectivity index (χ0) is 23.1. The molecular formula is C28H30N2O3. The van der Waals surface area contributed by atoms with Gasteiger partial charge in [-0.2, -0.15) is 0 Å². The molecule has 0 saturated heterocycles. The van der Waals surface area contributed by atoms with Crippen molar-refractivity contribution < 1.29 is 14.3 Å². The minimum Gasteiger partial charge on any atom is -0.497 e. The highest BCUT2D eigenvalue weighted by atomic mass is 16.5. The predicted octanol–water partition coefficient (Wildman–Crippen LogP) is 4.71. The molecule has 1 fully saturated rings. The van der Waals surface area contributed by atoms with Crippen LogP contribution in [0.1, 0.15) is 29.5 Å². The third-order valence-corrected chi connectivity index (χ3v) is 6.36. The molecule has 0 spiro atoms. The van der Waals surface area contributed by atoms with E-state index in [1.165, 1.54) is 16.7 Å². The van der Waals surface area contributed by atoms with Crippen molar-refractivity contribution in [2.24, 2.45) is 5.92 Å². The van der Waals surface area contributed by atoms with Crippen LogP contribution in [0.25, 0.3) is 0 Å². The number of benzene rings is 2. The summed E-state index contributed by atoms with van der Waals surface area (Å²) in [6.45, 7) is 0.646. The Balaban J connectivity index is 1.44. The SMILES string of the molecule is COc1cccc(C2(c3cccc(OC)c3)C[C@H]2/C=C/C(=O)NCCCc2ccncc2)c1. The van der Waals surface area contributed by atoms with Crippen LogP contribution in [0.15, 0.2) is 85.2 Å². The van der Waals surface area contributed by atoms with Gasteiger partial charge in [-0.1, -0.05) is 30.3 Å². The molecule has 1 amide bonds. The molecular weight excluding hydrogens is 412 g/mol. The maximum atomic E-state index is 12.4. The lowest BCUT2D eigenvalue weighted by atomic mass is 9.85. The van der Waals surface area contributed by atoms with Gasteiger partial charge in [-0.3, -0.25) is 9.78 Å². The maximum Gasteiger partial charge on any atom is 0.243 e. The van der Waals surface area contributed by atoms with Crippen molar-refractivity contribution in [1.82, 2.24) is 10.3 Å². The molecule has 170 valence electrons. The number of rotatable bonds is 10. The first-order chi connectivity index (χ1) is 16.2. The molecule has 1 N–H and O–H groups in total. The molecule has 5 heteroatoms. The van der Waals surface area contributed by atoms with Gasteiger partial charge in [0, 0.05) is 24.4 Å². The van der Waals surface area contributed by atoms with Crippen LogP contribution in [-0.4, -0.2) is 31.7 Å². The highest BCUT2D eigenvalue weighted by Gasteiger charge is 2.55. The summed E-state index contributed by atoms with van der Waals surface area (Å²) in [7, 11) is 3.36. The minimum absolute atomic E-state index is 0.0539. The van der Waals surface area contributed by atoms with Crippen molar-refractivity contribution in [3.63, 3.8) is 0 Å². The summed E-state index contributed by atoms with van der Waals surface area (Å²) in [6, 6.07) is 20.4. The summed E-state index contributed by atoms with van der Waals surface area (Å²) in [6.07, 6.45) is 10.1. The molecule has 1 heterocycles. The first kappa shape index (κ1) is 22.6. The Morgan fingerprint density at radius 1 is 1.03 bits per heavy atom. The van der Waals surface area contributed by atoms with Crippen molar-refractivity contribution >= 4 is 5.91 Å². The summed E-state index contributed by atoms with van der Waals surface area (Å²) < 4.78 is 10.9. The number of carbonyl (C=O) groups excluding carboxylic acids is 1. The Labute approximate surface area is 195 Å². The van der Waals surface area contributed by atoms with E-state index in [4.69, 9.17) is 9.47 Å². The number of aromatic nitrogens is 1. The lowest BCUT2D eigenvalue weighted by Gasteiger charge is -2.20. The third kappa shape index (κ3) is 5.25. The van der Waals surface area contributed by atoms with Crippen LogP contribution in [0.5, 0.6) is 11.5 Å². The number of pyridine rings is 1. The normalized spacial score (nSPS) is 16.4. The number of allylic oxidation sites excluding steroid dienone is 1. The van der Waals surface area contributed by atoms with Gasteiger partial charge in [0.25, 0.3) is 0 Å². The number of aryl methyl sites for hydroxylation is 1. The molecule has 1 aromatic heterocycles. The van der Waals surface area contributed by atoms with Crippen molar-refractivity contribution in [2.75, 3.05) is 20.8 Å². The van der Waals surface area contributed by atoms with E-state index in [0.717, 1.165) is 30.8 Å². The number of hydrogen-bond acceptors (Lipinski definition) is 4. The molecule has 0 unspecified atom stereocenters. The van der Waals surface area contributed by atoms with Gasteiger partial charge in [0.1, 0.15) is 11.5 Å². The van der Waals surface area contributed by atoms with Gasteiger partial charge >= 0.3 is 0 Å². The summed E-state index contributed by atoms with van der Waals surface area (Å²) in [5, 5.41) is 3.00. The standard InChI is InChI=1S/C28H30N2O3/c1-32-25-9-3-7-22(18-25)28(23-8-4-10-26(19-23)33-2)20-24(28)11-12-27(31)30-15-5-6-21-13-16-29-17-14-21/h3-4,7-14,16-19,24H,5-6,15,20H2,1-2H3,(H,30,31)/b12-11+/t24-/m1/s1. The Morgan fingerprint density at radius 2 is 1.67 bits per heavy atom. The van der Waals surface area contributed by atoms with Crippen molar-refractivity contribution in [3.05, 3.63) is 102 Å². The number of carbonyl (C=O) groups is 1. The van der Waals surface area contributed by atoms with E-state index in [2.05, 4.69) is 34.6 Å². The predicted molar refractivity (Wildman–Crippen MR) is 130 cm³/mol. The summed E-state index contributed by atoms with van der Waals surface area (Å²) in [5.74, 6) is 1.83. The zero-order valence-electron chi connectivity index (χ0n) is 19.2. The van der Waals surface area contributed by atoms with Gasteiger partial charge in [-0.25, -0.2) is 0 Å².